The maximum atomic E-state index is 12.9. The fraction of sp³-hybridized carbons (Fsp3) is 0.652. The largest absolute Gasteiger partial charge is 0.411 e. The van der Waals surface area contributed by atoms with Gasteiger partial charge >= 0.3 is 12.2 Å². The fourth-order valence-electron chi connectivity index (χ4n) is 5.12. The molecular weight excluding hydrogens is 439 g/mol. The van der Waals surface area contributed by atoms with Crippen molar-refractivity contribution >= 4 is 17.5 Å². The average Bonchev–Trinajstić information content (AvgIpc) is 2.71. The predicted octanol–water partition coefficient (Wildman–Crippen LogP) is 2.65. The van der Waals surface area contributed by atoms with Crippen LogP contribution in [0.1, 0.15) is 24.3 Å². The van der Waals surface area contributed by atoms with Crippen molar-refractivity contribution in [3.8, 4) is 0 Å². The molecule has 0 saturated carbocycles. The second-order valence-corrected chi connectivity index (χ2v) is 9.52. The second kappa shape index (κ2) is 8.79. The van der Waals surface area contributed by atoms with Gasteiger partial charge in [-0.05, 0) is 24.1 Å². The van der Waals surface area contributed by atoms with E-state index in [1.807, 2.05) is 39.0 Å². The van der Waals surface area contributed by atoms with E-state index in [4.69, 9.17) is 9.47 Å². The molecule has 33 heavy (non-hydrogen) atoms. The van der Waals surface area contributed by atoms with Crippen LogP contribution in [0.15, 0.2) is 24.3 Å². The summed E-state index contributed by atoms with van der Waals surface area (Å²) in [6.07, 6.45) is -3.32. The third-order valence-electron chi connectivity index (χ3n) is 7.10. The highest BCUT2D eigenvalue weighted by Crippen LogP contribution is 2.33. The summed E-state index contributed by atoms with van der Waals surface area (Å²) < 4.78 is 47.2. The molecule has 5 rings (SSSR count). The maximum absolute atomic E-state index is 12.9. The number of fused-ring (bicyclic) bond motifs is 1. The van der Waals surface area contributed by atoms with Crippen LogP contribution in [0.4, 0.5) is 23.7 Å². The van der Waals surface area contributed by atoms with Crippen molar-refractivity contribution < 1.29 is 32.2 Å². The highest BCUT2D eigenvalue weighted by Gasteiger charge is 2.40. The topological polar surface area (TPSA) is 62.3 Å². The normalized spacial score (nSPS) is 26.6. The summed E-state index contributed by atoms with van der Waals surface area (Å²) in [7, 11) is 0. The van der Waals surface area contributed by atoms with Crippen LogP contribution in [0.25, 0.3) is 0 Å². The van der Waals surface area contributed by atoms with E-state index in [1.54, 1.807) is 0 Å². The monoisotopic (exact) mass is 467 g/mol. The number of Topliss-reactive ketones (excluding diaryl/α,β-unsaturated/α-hetero) is 1. The second-order valence-electron chi connectivity index (χ2n) is 9.52. The molecule has 0 bridgehead atoms. The molecular formula is C23H28F3N3O4. The van der Waals surface area contributed by atoms with Crippen molar-refractivity contribution in [2.24, 2.45) is 5.92 Å². The van der Waals surface area contributed by atoms with Crippen LogP contribution < -0.4 is 4.90 Å². The van der Waals surface area contributed by atoms with Gasteiger partial charge in [-0.1, -0.05) is 12.1 Å². The lowest BCUT2D eigenvalue weighted by Crippen LogP contribution is -2.58. The van der Waals surface area contributed by atoms with Crippen molar-refractivity contribution in [3.63, 3.8) is 0 Å². The number of rotatable bonds is 4. The van der Waals surface area contributed by atoms with E-state index >= 15 is 0 Å². The summed E-state index contributed by atoms with van der Waals surface area (Å²) in [5.74, 6) is 0.494. The van der Waals surface area contributed by atoms with Crippen LogP contribution in [0.3, 0.4) is 0 Å². The Labute approximate surface area is 190 Å². The minimum atomic E-state index is -4.29. The lowest BCUT2D eigenvalue weighted by atomic mass is 9.87. The van der Waals surface area contributed by atoms with Crippen LogP contribution in [-0.2, 0) is 14.3 Å². The molecule has 1 aromatic carbocycles. The number of ketones is 1. The highest BCUT2D eigenvalue weighted by molar-refractivity contribution is 5.81. The van der Waals surface area contributed by atoms with Gasteiger partial charge in [0.2, 0.25) is 0 Å². The van der Waals surface area contributed by atoms with E-state index < -0.39 is 12.8 Å². The van der Waals surface area contributed by atoms with Gasteiger partial charge in [0, 0.05) is 63.2 Å². The van der Waals surface area contributed by atoms with Gasteiger partial charge in [0.15, 0.2) is 5.78 Å². The Bertz CT molecular complexity index is 882. The van der Waals surface area contributed by atoms with Crippen molar-refractivity contribution in [1.82, 2.24) is 9.80 Å². The lowest BCUT2D eigenvalue weighted by molar-refractivity contribution is -0.187. The number of halogens is 3. The van der Waals surface area contributed by atoms with Crippen LogP contribution in [-0.4, -0.2) is 92.5 Å². The van der Waals surface area contributed by atoms with Crippen molar-refractivity contribution in [3.05, 3.63) is 29.8 Å². The Morgan fingerprint density at radius 3 is 2.48 bits per heavy atom. The summed E-state index contributed by atoms with van der Waals surface area (Å²) in [4.78, 5) is 30.3. The fourth-order valence-corrected chi connectivity index (χ4v) is 5.12. The number of benzene rings is 1. The number of carbonyl (C=O) groups excluding carboxylic acids is 2. The highest BCUT2D eigenvalue weighted by atomic mass is 19.4. The Morgan fingerprint density at radius 2 is 1.79 bits per heavy atom. The molecule has 4 heterocycles. The number of hydrogen-bond donors (Lipinski definition) is 0. The van der Waals surface area contributed by atoms with Gasteiger partial charge in [-0.2, -0.15) is 13.2 Å². The Morgan fingerprint density at radius 1 is 1.06 bits per heavy atom. The molecule has 4 fully saturated rings. The molecule has 0 aromatic heterocycles. The number of ether oxygens (including phenoxy) is 2. The Kier molecular flexibility index (Phi) is 5.98. The smallest absolute Gasteiger partial charge is 0.370 e. The van der Waals surface area contributed by atoms with Gasteiger partial charge in [-0.15, -0.1) is 0 Å². The number of piperidine rings is 1. The molecule has 4 aliphatic rings. The molecule has 0 unspecified atom stereocenters. The Hall–Kier alpha value is -2.33. The predicted molar refractivity (Wildman–Crippen MR) is 113 cm³/mol. The van der Waals surface area contributed by atoms with E-state index in [0.717, 1.165) is 17.7 Å². The molecule has 0 radical (unpaired) electrons. The van der Waals surface area contributed by atoms with Crippen molar-refractivity contribution in [2.45, 2.75) is 37.1 Å². The zero-order valence-corrected chi connectivity index (χ0v) is 18.3. The molecule has 4 aliphatic heterocycles. The standard InChI is InChI=1S/C23H28F3N3O4/c24-23(25,26)14-33-20-11-28(12-20)18-3-1-15(2-4-18)17-9-29(10-17)22(31)27-6-5-21-16(8-27)7-19(30)13-32-21/h1-4,16-17,20-21H,5-14H2/t16-,21+/m1/s1. The summed E-state index contributed by atoms with van der Waals surface area (Å²) in [5, 5.41) is 0. The molecule has 0 spiro atoms. The van der Waals surface area contributed by atoms with E-state index in [-0.39, 0.29) is 42.5 Å². The zero-order valence-electron chi connectivity index (χ0n) is 18.3. The number of urea groups is 1. The van der Waals surface area contributed by atoms with Gasteiger partial charge in [0.05, 0.1) is 12.2 Å². The van der Waals surface area contributed by atoms with Crippen molar-refractivity contribution in [2.75, 3.05) is 57.4 Å². The Balaban J connectivity index is 1.07. The van der Waals surface area contributed by atoms with E-state index in [0.29, 0.717) is 45.7 Å². The number of likely N-dealkylation sites (tertiary alicyclic amines) is 2. The SMILES string of the molecule is O=C1CO[C@H]2CCN(C(=O)N3CC(c4ccc(N5CC(OCC(F)(F)F)C5)cc4)C3)C[C@H]2C1. The van der Waals surface area contributed by atoms with Crippen LogP contribution in [0.2, 0.25) is 0 Å². The molecule has 180 valence electrons. The first-order valence-corrected chi connectivity index (χ1v) is 11.5. The minimum absolute atomic E-state index is 0.0322. The minimum Gasteiger partial charge on any atom is -0.370 e. The first-order chi connectivity index (χ1) is 15.7. The quantitative estimate of drug-likeness (QED) is 0.682. The average molecular weight is 467 g/mol. The first kappa shape index (κ1) is 22.5. The molecule has 2 atom stereocenters. The van der Waals surface area contributed by atoms with Crippen LogP contribution in [0.5, 0.6) is 0 Å². The molecule has 1 aromatic rings. The zero-order chi connectivity index (χ0) is 23.2. The summed E-state index contributed by atoms with van der Waals surface area (Å²) in [5.41, 5.74) is 2.11. The van der Waals surface area contributed by atoms with Crippen molar-refractivity contribution in [1.29, 1.82) is 0 Å². The number of anilines is 1. The third kappa shape index (κ3) is 4.96. The van der Waals surface area contributed by atoms with Crippen LogP contribution in [0, 0.1) is 5.92 Å². The van der Waals surface area contributed by atoms with E-state index in [2.05, 4.69) is 0 Å². The van der Waals surface area contributed by atoms with E-state index in [9.17, 15) is 22.8 Å². The van der Waals surface area contributed by atoms with Crippen LogP contribution >= 0.6 is 0 Å². The number of hydrogen-bond acceptors (Lipinski definition) is 5. The molecule has 4 saturated heterocycles. The molecule has 0 aliphatic carbocycles. The first-order valence-electron chi connectivity index (χ1n) is 11.5. The van der Waals surface area contributed by atoms with Gasteiger partial charge in [-0.3, -0.25) is 4.79 Å². The number of nitrogens with zero attached hydrogens (tertiary/aromatic N) is 3. The lowest BCUT2D eigenvalue weighted by Gasteiger charge is -2.46. The molecule has 7 nitrogen and oxygen atoms in total. The van der Waals surface area contributed by atoms with Gasteiger partial charge in [-0.25, -0.2) is 4.79 Å². The summed E-state index contributed by atoms with van der Waals surface area (Å²) in [6.45, 7) is 2.47. The summed E-state index contributed by atoms with van der Waals surface area (Å²) >= 11 is 0. The number of carbonyl (C=O) groups is 2. The van der Waals surface area contributed by atoms with Gasteiger partial charge in [0.25, 0.3) is 0 Å². The molecule has 0 N–H and O–H groups in total. The van der Waals surface area contributed by atoms with Gasteiger partial charge in [0.1, 0.15) is 13.2 Å². The van der Waals surface area contributed by atoms with E-state index in [1.165, 1.54) is 0 Å². The third-order valence-corrected chi connectivity index (χ3v) is 7.10. The molecule has 10 heteroatoms. The number of amides is 2. The number of alkyl halides is 3. The summed E-state index contributed by atoms with van der Waals surface area (Å²) in [6, 6.07) is 8.05. The maximum Gasteiger partial charge on any atom is 0.411 e. The molecule has 2 amide bonds. The van der Waals surface area contributed by atoms with Gasteiger partial charge < -0.3 is 24.2 Å².